The van der Waals surface area contributed by atoms with Crippen molar-refractivity contribution in [3.63, 3.8) is 0 Å². The lowest BCUT2D eigenvalue weighted by atomic mass is 10.2. The number of ether oxygens (including phenoxy) is 1. The molecule has 8 nitrogen and oxygen atoms in total. The summed E-state index contributed by atoms with van der Waals surface area (Å²) in [6.45, 7) is 5.74. The van der Waals surface area contributed by atoms with Crippen LogP contribution < -0.4 is 5.32 Å². The Labute approximate surface area is 192 Å². The van der Waals surface area contributed by atoms with Crippen LogP contribution in [0.15, 0.2) is 46.6 Å². The molecule has 1 N–H and O–H groups in total. The highest BCUT2D eigenvalue weighted by atomic mass is 32.2. The molecule has 172 valence electrons. The number of benzene rings is 1. The third-order valence-corrected chi connectivity index (χ3v) is 6.09. The van der Waals surface area contributed by atoms with Gasteiger partial charge in [-0.25, -0.2) is 9.78 Å². The Kier molecular flexibility index (Phi) is 7.60. The van der Waals surface area contributed by atoms with E-state index in [0.29, 0.717) is 13.0 Å². The summed E-state index contributed by atoms with van der Waals surface area (Å²) in [4.78, 5) is 44.4. The minimum atomic E-state index is -0.628. The third-order valence-electron chi connectivity index (χ3n) is 5.02. The largest absolute Gasteiger partial charge is 0.444 e. The van der Waals surface area contributed by atoms with Crippen molar-refractivity contribution in [2.45, 2.75) is 61.7 Å². The summed E-state index contributed by atoms with van der Waals surface area (Å²) < 4.78 is 7.28. The number of amides is 2. The van der Waals surface area contributed by atoms with Crippen molar-refractivity contribution < 1.29 is 19.1 Å². The van der Waals surface area contributed by atoms with E-state index in [2.05, 4.69) is 10.3 Å². The van der Waals surface area contributed by atoms with Gasteiger partial charge in [0.1, 0.15) is 11.6 Å². The van der Waals surface area contributed by atoms with Crippen molar-refractivity contribution in [3.8, 4) is 0 Å². The maximum Gasteiger partial charge on any atom is 0.410 e. The van der Waals surface area contributed by atoms with E-state index in [0.717, 1.165) is 22.2 Å². The minimum Gasteiger partial charge on any atom is -0.444 e. The maximum atomic E-state index is 12.6. The number of aromatic nitrogens is 2. The van der Waals surface area contributed by atoms with Crippen LogP contribution in [0, 0.1) is 0 Å². The number of hydrogen-bond acceptors (Lipinski definition) is 6. The van der Waals surface area contributed by atoms with Gasteiger partial charge in [0.2, 0.25) is 5.91 Å². The molecular formula is C23H30N4O4S. The number of Topliss-reactive ketones (excluding diaryl/α,β-unsaturated/α-hetero) is 1. The zero-order valence-corrected chi connectivity index (χ0v) is 19.8. The maximum absolute atomic E-state index is 12.6. The van der Waals surface area contributed by atoms with Crippen molar-refractivity contribution in [2.24, 2.45) is 7.05 Å². The second-order valence-corrected chi connectivity index (χ2v) is 9.81. The summed E-state index contributed by atoms with van der Waals surface area (Å²) in [6, 6.07) is 9.29. The SMILES string of the molecule is Cn1c(CC(=O)CNC(=O)[C@@H]2CCCN2C(=O)OC(C)(C)C)cnc1Sc1ccccc1. The number of ketones is 1. The number of hydrogen-bond donors (Lipinski definition) is 1. The Morgan fingerprint density at radius 1 is 1.22 bits per heavy atom. The average molecular weight is 459 g/mol. The summed E-state index contributed by atoms with van der Waals surface area (Å²) >= 11 is 1.53. The molecule has 1 aromatic carbocycles. The van der Waals surface area contributed by atoms with Crippen LogP contribution in [0.5, 0.6) is 0 Å². The molecule has 0 spiro atoms. The van der Waals surface area contributed by atoms with E-state index < -0.39 is 17.7 Å². The van der Waals surface area contributed by atoms with Gasteiger partial charge < -0.3 is 14.6 Å². The van der Waals surface area contributed by atoms with Gasteiger partial charge in [-0.15, -0.1) is 0 Å². The molecule has 1 aliphatic heterocycles. The highest BCUT2D eigenvalue weighted by molar-refractivity contribution is 7.99. The van der Waals surface area contributed by atoms with E-state index in [9.17, 15) is 14.4 Å². The molecule has 1 atom stereocenters. The van der Waals surface area contributed by atoms with Crippen molar-refractivity contribution in [3.05, 3.63) is 42.2 Å². The molecule has 1 aromatic heterocycles. The smallest absolute Gasteiger partial charge is 0.410 e. The second-order valence-electron chi connectivity index (χ2n) is 8.77. The highest BCUT2D eigenvalue weighted by Crippen LogP contribution is 2.26. The molecule has 1 fully saturated rings. The first-order chi connectivity index (χ1) is 15.1. The quantitative estimate of drug-likeness (QED) is 0.685. The van der Waals surface area contributed by atoms with Gasteiger partial charge in [0.05, 0.1) is 13.0 Å². The lowest BCUT2D eigenvalue weighted by Gasteiger charge is -2.28. The first-order valence-corrected chi connectivity index (χ1v) is 11.5. The number of nitrogens with zero attached hydrogens (tertiary/aromatic N) is 3. The fraction of sp³-hybridized carbons (Fsp3) is 0.478. The number of carbonyl (C=O) groups is 3. The second kappa shape index (κ2) is 10.2. The summed E-state index contributed by atoms with van der Waals surface area (Å²) in [5.41, 5.74) is 0.149. The Hall–Kier alpha value is -2.81. The molecule has 32 heavy (non-hydrogen) atoms. The number of carbonyl (C=O) groups excluding carboxylic acids is 3. The van der Waals surface area contributed by atoms with Crippen LogP contribution in [-0.4, -0.2) is 57.0 Å². The minimum absolute atomic E-state index is 0.0934. The zero-order valence-electron chi connectivity index (χ0n) is 19.0. The fourth-order valence-corrected chi connectivity index (χ4v) is 4.29. The number of nitrogens with one attached hydrogen (secondary N) is 1. The lowest BCUT2D eigenvalue weighted by Crippen LogP contribution is -2.48. The molecule has 0 unspecified atom stereocenters. The molecule has 0 aliphatic carbocycles. The van der Waals surface area contributed by atoms with Crippen LogP contribution in [-0.2, 0) is 27.8 Å². The molecule has 0 radical (unpaired) electrons. The van der Waals surface area contributed by atoms with E-state index in [-0.39, 0.29) is 24.7 Å². The van der Waals surface area contributed by atoms with Gasteiger partial charge >= 0.3 is 6.09 Å². The Morgan fingerprint density at radius 3 is 2.62 bits per heavy atom. The Balaban J connectivity index is 1.51. The van der Waals surface area contributed by atoms with Crippen LogP contribution in [0.1, 0.15) is 39.3 Å². The lowest BCUT2D eigenvalue weighted by molar-refractivity contribution is -0.128. The normalized spacial score (nSPS) is 16.1. The monoisotopic (exact) mass is 458 g/mol. The Bertz CT molecular complexity index is 968. The standard InChI is InChI=1S/C23H30N4O4S/c1-23(2,3)31-22(30)27-12-8-11-19(27)20(29)24-15-17(28)13-16-14-25-21(26(16)4)32-18-9-6-5-7-10-18/h5-7,9-10,14,19H,8,11-13,15H2,1-4H3,(H,24,29)/t19-/m0/s1. The van der Waals surface area contributed by atoms with Crippen molar-refractivity contribution in [1.29, 1.82) is 0 Å². The van der Waals surface area contributed by atoms with Gasteiger partial charge in [-0.2, -0.15) is 0 Å². The van der Waals surface area contributed by atoms with Crippen molar-refractivity contribution >= 4 is 29.5 Å². The van der Waals surface area contributed by atoms with E-state index >= 15 is 0 Å². The molecule has 1 aliphatic rings. The number of likely N-dealkylation sites (tertiary alicyclic amines) is 1. The number of imidazole rings is 1. The molecular weight excluding hydrogens is 428 g/mol. The van der Waals surface area contributed by atoms with E-state index in [1.54, 1.807) is 27.0 Å². The van der Waals surface area contributed by atoms with Crippen LogP contribution in [0.25, 0.3) is 0 Å². The van der Waals surface area contributed by atoms with Crippen molar-refractivity contribution in [2.75, 3.05) is 13.1 Å². The van der Waals surface area contributed by atoms with E-state index in [4.69, 9.17) is 4.74 Å². The molecule has 2 aromatic rings. The highest BCUT2D eigenvalue weighted by Gasteiger charge is 2.36. The van der Waals surface area contributed by atoms with Gasteiger partial charge in [-0.3, -0.25) is 14.5 Å². The van der Waals surface area contributed by atoms with Gasteiger partial charge in [-0.1, -0.05) is 30.0 Å². The van der Waals surface area contributed by atoms with Crippen LogP contribution in [0.4, 0.5) is 4.79 Å². The topological polar surface area (TPSA) is 93.5 Å². The van der Waals surface area contributed by atoms with E-state index in [1.807, 2.05) is 41.9 Å². The summed E-state index contributed by atoms with van der Waals surface area (Å²) in [5.74, 6) is -0.452. The molecule has 2 heterocycles. The van der Waals surface area contributed by atoms with Gasteiger partial charge in [0.15, 0.2) is 10.9 Å². The van der Waals surface area contributed by atoms with Crippen LogP contribution in [0.3, 0.4) is 0 Å². The molecule has 0 saturated carbocycles. The zero-order chi connectivity index (χ0) is 23.3. The van der Waals surface area contributed by atoms with Crippen LogP contribution in [0.2, 0.25) is 0 Å². The number of rotatable bonds is 7. The predicted octanol–water partition coefficient (Wildman–Crippen LogP) is 3.20. The van der Waals surface area contributed by atoms with Gasteiger partial charge in [0, 0.05) is 30.4 Å². The third kappa shape index (κ3) is 6.35. The predicted molar refractivity (Wildman–Crippen MR) is 121 cm³/mol. The van der Waals surface area contributed by atoms with Crippen LogP contribution >= 0.6 is 11.8 Å². The molecule has 2 amide bonds. The fourth-order valence-electron chi connectivity index (χ4n) is 3.43. The molecule has 0 bridgehead atoms. The average Bonchev–Trinajstić information content (AvgIpc) is 3.35. The van der Waals surface area contributed by atoms with E-state index in [1.165, 1.54) is 16.7 Å². The Morgan fingerprint density at radius 2 is 1.94 bits per heavy atom. The van der Waals surface area contributed by atoms with Crippen molar-refractivity contribution in [1.82, 2.24) is 19.8 Å². The summed E-state index contributed by atoms with van der Waals surface area (Å²) in [6.07, 6.45) is 2.63. The molecule has 9 heteroatoms. The first kappa shape index (κ1) is 23.8. The molecule has 1 saturated heterocycles. The van der Waals surface area contributed by atoms with Gasteiger partial charge in [0.25, 0.3) is 0 Å². The molecule has 3 rings (SSSR count). The van der Waals surface area contributed by atoms with Gasteiger partial charge in [-0.05, 0) is 45.7 Å². The summed E-state index contributed by atoms with van der Waals surface area (Å²) in [5, 5.41) is 3.48. The first-order valence-electron chi connectivity index (χ1n) is 10.7. The summed E-state index contributed by atoms with van der Waals surface area (Å²) in [7, 11) is 1.87.